The van der Waals surface area contributed by atoms with E-state index in [1.54, 1.807) is 6.92 Å². The van der Waals surface area contributed by atoms with E-state index in [1.165, 1.54) is 6.07 Å². The van der Waals surface area contributed by atoms with Crippen LogP contribution in [0.15, 0.2) is 50.5 Å². The monoisotopic (exact) mass is 389 g/mol. The maximum Gasteiger partial charge on any atom is 0.416 e. The van der Waals surface area contributed by atoms with E-state index in [0.717, 1.165) is 34.6 Å². The average molecular weight is 389 g/mol. The van der Waals surface area contributed by atoms with Gasteiger partial charge < -0.3 is 9.15 Å². The predicted octanol–water partition coefficient (Wildman–Crippen LogP) is 2.42. The molecule has 0 unspecified atom stereocenters. The van der Waals surface area contributed by atoms with Crippen molar-refractivity contribution in [3.8, 4) is 5.75 Å². The van der Waals surface area contributed by atoms with Crippen molar-refractivity contribution in [2.24, 2.45) is 0 Å². The Labute approximate surface area is 146 Å². The normalized spacial score (nSPS) is 16.3. The van der Waals surface area contributed by atoms with Crippen LogP contribution in [-0.4, -0.2) is 31.9 Å². The van der Waals surface area contributed by atoms with E-state index in [-0.39, 0.29) is 23.7 Å². The zero-order valence-electron chi connectivity index (χ0n) is 13.5. The molecule has 2 heterocycles. The summed E-state index contributed by atoms with van der Waals surface area (Å²) in [6.45, 7) is 1.64. The van der Waals surface area contributed by atoms with Gasteiger partial charge in [-0.25, -0.2) is 13.2 Å². The molecular formula is C16H14F3NO5S. The van der Waals surface area contributed by atoms with Crippen LogP contribution in [0.3, 0.4) is 0 Å². The van der Waals surface area contributed by atoms with Crippen molar-refractivity contribution in [2.75, 3.05) is 13.1 Å². The molecule has 0 atom stereocenters. The van der Waals surface area contributed by atoms with E-state index in [9.17, 15) is 26.4 Å². The second kappa shape index (κ2) is 6.44. The number of aryl methyl sites for hydroxylation is 1. The van der Waals surface area contributed by atoms with Crippen molar-refractivity contribution < 1.29 is 30.7 Å². The molecule has 0 radical (unpaired) electrons. The van der Waals surface area contributed by atoms with Crippen LogP contribution in [0.25, 0.3) is 0 Å². The van der Waals surface area contributed by atoms with Crippen LogP contribution in [0.5, 0.6) is 5.75 Å². The molecule has 10 heteroatoms. The summed E-state index contributed by atoms with van der Waals surface area (Å²) in [5.74, 6) is 0.636. The summed E-state index contributed by atoms with van der Waals surface area (Å²) in [7, 11) is -3.90. The van der Waals surface area contributed by atoms with E-state index in [2.05, 4.69) is 0 Å². The number of hydrogen-bond acceptors (Lipinski definition) is 5. The van der Waals surface area contributed by atoms with Gasteiger partial charge in [0.05, 0.1) is 29.6 Å². The van der Waals surface area contributed by atoms with Crippen LogP contribution >= 0.6 is 0 Å². The summed E-state index contributed by atoms with van der Waals surface area (Å²) >= 11 is 0. The average Bonchev–Trinajstić information content (AvgIpc) is 2.48. The first-order valence-corrected chi connectivity index (χ1v) is 8.95. The lowest BCUT2D eigenvalue weighted by molar-refractivity contribution is -0.137. The Morgan fingerprint density at radius 2 is 1.77 bits per heavy atom. The number of ether oxygens (including phenoxy) is 1. The highest BCUT2D eigenvalue weighted by molar-refractivity contribution is 7.89. The molecule has 140 valence electrons. The number of halogens is 3. The van der Waals surface area contributed by atoms with Gasteiger partial charge in [0.1, 0.15) is 17.6 Å². The van der Waals surface area contributed by atoms with Gasteiger partial charge in [-0.3, -0.25) is 0 Å². The summed E-state index contributed by atoms with van der Waals surface area (Å²) in [5, 5.41) is 0. The molecule has 1 aromatic carbocycles. The molecule has 0 saturated carbocycles. The fourth-order valence-electron chi connectivity index (χ4n) is 2.47. The summed E-state index contributed by atoms with van der Waals surface area (Å²) in [4.78, 5) is 11.1. The SMILES string of the molecule is Cc1cc(OC2CN(S(=O)(=O)c3ccc(C(F)(F)F)cc3)C2)cc(=O)o1. The second-order valence-corrected chi connectivity index (χ2v) is 7.74. The highest BCUT2D eigenvalue weighted by atomic mass is 32.2. The van der Waals surface area contributed by atoms with Crippen molar-refractivity contribution in [3.63, 3.8) is 0 Å². The van der Waals surface area contributed by atoms with Gasteiger partial charge in [-0.1, -0.05) is 0 Å². The molecule has 1 fully saturated rings. The van der Waals surface area contributed by atoms with E-state index < -0.39 is 33.5 Å². The van der Waals surface area contributed by atoms with Crippen molar-refractivity contribution in [1.82, 2.24) is 4.31 Å². The molecule has 0 N–H and O–H groups in total. The van der Waals surface area contributed by atoms with E-state index in [4.69, 9.17) is 9.15 Å². The zero-order chi connectivity index (χ0) is 19.1. The fraction of sp³-hybridized carbons (Fsp3) is 0.312. The molecule has 1 aromatic heterocycles. The molecule has 26 heavy (non-hydrogen) atoms. The first kappa shape index (κ1) is 18.5. The molecule has 3 rings (SSSR count). The van der Waals surface area contributed by atoms with Gasteiger partial charge in [-0.15, -0.1) is 0 Å². The first-order chi connectivity index (χ1) is 12.1. The largest absolute Gasteiger partial charge is 0.487 e. The van der Waals surface area contributed by atoms with Gasteiger partial charge >= 0.3 is 11.8 Å². The summed E-state index contributed by atoms with van der Waals surface area (Å²) < 4.78 is 73.9. The lowest BCUT2D eigenvalue weighted by Crippen LogP contribution is -2.56. The fourth-order valence-corrected chi connectivity index (χ4v) is 3.98. The molecule has 0 bridgehead atoms. The van der Waals surface area contributed by atoms with Crippen LogP contribution in [0.2, 0.25) is 0 Å². The molecule has 2 aromatic rings. The van der Waals surface area contributed by atoms with Crippen LogP contribution in [0, 0.1) is 6.92 Å². The lowest BCUT2D eigenvalue weighted by Gasteiger charge is -2.37. The van der Waals surface area contributed by atoms with Crippen molar-refractivity contribution in [3.05, 3.63) is 58.1 Å². The number of hydrogen-bond donors (Lipinski definition) is 0. The third kappa shape index (κ3) is 3.75. The standard InChI is InChI=1S/C16H14F3NO5S/c1-10-6-12(7-15(21)24-10)25-13-8-20(9-13)26(22,23)14-4-2-11(3-5-14)16(17,18)19/h2-7,13H,8-9H2,1H3. The minimum Gasteiger partial charge on any atom is -0.487 e. The van der Waals surface area contributed by atoms with Crippen LogP contribution < -0.4 is 10.4 Å². The Hall–Kier alpha value is -2.33. The number of rotatable bonds is 4. The minimum absolute atomic E-state index is 0.0304. The molecule has 0 spiro atoms. The van der Waals surface area contributed by atoms with Gasteiger partial charge in [-0.05, 0) is 31.2 Å². The quantitative estimate of drug-likeness (QED) is 0.803. The van der Waals surface area contributed by atoms with Crippen LogP contribution in [0.4, 0.5) is 13.2 Å². The summed E-state index contributed by atoms with van der Waals surface area (Å²) in [5.41, 5.74) is -1.49. The summed E-state index contributed by atoms with van der Waals surface area (Å²) in [6.07, 6.45) is -4.99. The molecule has 1 aliphatic rings. The smallest absolute Gasteiger partial charge is 0.416 e. The predicted molar refractivity (Wildman–Crippen MR) is 84.3 cm³/mol. The second-order valence-electron chi connectivity index (χ2n) is 5.81. The van der Waals surface area contributed by atoms with E-state index in [1.807, 2.05) is 0 Å². The Kier molecular flexibility index (Phi) is 4.57. The molecule has 1 saturated heterocycles. The maximum atomic E-state index is 12.6. The topological polar surface area (TPSA) is 76.8 Å². The highest BCUT2D eigenvalue weighted by Crippen LogP contribution is 2.31. The van der Waals surface area contributed by atoms with Gasteiger partial charge in [-0.2, -0.15) is 17.5 Å². The number of alkyl halides is 3. The summed E-state index contributed by atoms with van der Waals surface area (Å²) in [6, 6.07) is 5.98. The Morgan fingerprint density at radius 1 is 1.15 bits per heavy atom. The minimum atomic E-state index is -4.53. The Morgan fingerprint density at radius 3 is 2.31 bits per heavy atom. The lowest BCUT2D eigenvalue weighted by atomic mass is 10.2. The zero-order valence-corrected chi connectivity index (χ0v) is 14.3. The molecule has 0 aliphatic carbocycles. The first-order valence-electron chi connectivity index (χ1n) is 7.51. The van der Waals surface area contributed by atoms with Crippen LogP contribution in [-0.2, 0) is 16.2 Å². The molecular weight excluding hydrogens is 375 g/mol. The maximum absolute atomic E-state index is 12.6. The Bertz CT molecular complexity index is 961. The van der Waals surface area contributed by atoms with Gasteiger partial charge in [0, 0.05) is 6.07 Å². The number of benzene rings is 1. The van der Waals surface area contributed by atoms with E-state index >= 15 is 0 Å². The molecule has 1 aliphatic heterocycles. The van der Waals surface area contributed by atoms with Crippen LogP contribution in [0.1, 0.15) is 11.3 Å². The third-order valence-corrected chi connectivity index (χ3v) is 5.65. The van der Waals surface area contributed by atoms with Crippen molar-refractivity contribution in [1.29, 1.82) is 0 Å². The van der Waals surface area contributed by atoms with Crippen molar-refractivity contribution >= 4 is 10.0 Å². The number of sulfonamides is 1. The van der Waals surface area contributed by atoms with Gasteiger partial charge in [0.25, 0.3) is 0 Å². The van der Waals surface area contributed by atoms with E-state index in [0.29, 0.717) is 5.76 Å². The number of nitrogens with zero attached hydrogens (tertiary/aromatic N) is 1. The molecule has 6 nitrogen and oxygen atoms in total. The molecule has 0 amide bonds. The third-order valence-electron chi connectivity index (χ3n) is 3.80. The van der Waals surface area contributed by atoms with Gasteiger partial charge in [0.2, 0.25) is 10.0 Å². The van der Waals surface area contributed by atoms with Gasteiger partial charge in [0.15, 0.2) is 0 Å². The van der Waals surface area contributed by atoms with Crippen molar-refractivity contribution in [2.45, 2.75) is 24.1 Å². The highest BCUT2D eigenvalue weighted by Gasteiger charge is 2.39. The Balaban J connectivity index is 1.66.